The van der Waals surface area contributed by atoms with Crippen molar-refractivity contribution in [3.8, 4) is 5.75 Å². The number of rotatable bonds is 6. The Morgan fingerprint density at radius 1 is 1.28 bits per heavy atom. The van der Waals surface area contributed by atoms with Gasteiger partial charge < -0.3 is 19.7 Å². The molecule has 1 atom stereocenters. The molecule has 0 radical (unpaired) electrons. The highest BCUT2D eigenvalue weighted by atomic mass is 32.1. The molecule has 0 unspecified atom stereocenters. The van der Waals surface area contributed by atoms with Gasteiger partial charge in [0.05, 0.1) is 23.7 Å². The number of carbonyl (C=O) groups excluding carboxylic acids is 3. The van der Waals surface area contributed by atoms with E-state index in [4.69, 9.17) is 9.47 Å². The Hall–Kier alpha value is -3.14. The Morgan fingerprint density at radius 3 is 2.72 bits per heavy atom. The van der Waals surface area contributed by atoms with E-state index in [9.17, 15) is 18.8 Å². The Kier molecular flexibility index (Phi) is 6.59. The number of likely N-dealkylation sites (tertiary alicyclic amines) is 1. The Balaban J connectivity index is 1.32. The molecule has 8 nitrogen and oxygen atoms in total. The summed E-state index contributed by atoms with van der Waals surface area (Å²) in [4.78, 5) is 39.4. The van der Waals surface area contributed by atoms with Crippen LogP contribution in [0, 0.1) is 5.82 Å². The summed E-state index contributed by atoms with van der Waals surface area (Å²) in [6.07, 6.45) is -0.0476. The molecule has 2 fully saturated rings. The van der Waals surface area contributed by atoms with Gasteiger partial charge in [0, 0.05) is 38.9 Å². The third kappa shape index (κ3) is 5.01. The predicted molar refractivity (Wildman–Crippen MR) is 117 cm³/mol. The second kappa shape index (κ2) is 9.56. The zero-order valence-electron chi connectivity index (χ0n) is 17.6. The quantitative estimate of drug-likeness (QED) is 0.715. The summed E-state index contributed by atoms with van der Waals surface area (Å²) >= 11 is 1.42. The van der Waals surface area contributed by atoms with Crippen molar-refractivity contribution in [2.45, 2.75) is 32.0 Å². The molecule has 1 aromatic heterocycles. The number of hydrogen-bond donors (Lipinski definition) is 1. The highest BCUT2D eigenvalue weighted by Gasteiger charge is 2.33. The first-order valence-electron chi connectivity index (χ1n) is 10.4. The van der Waals surface area contributed by atoms with Crippen LogP contribution >= 0.6 is 11.3 Å². The lowest BCUT2D eigenvalue weighted by molar-refractivity contribution is -0.119. The third-order valence-corrected chi connectivity index (χ3v) is 6.29. The SMILES string of the molecule is CC(=O)NC[C@H]1CN(c2ccc(OC3CCN(C(=O)c4cccs4)CC3)c(F)c2)C(=O)O1. The fourth-order valence-corrected chi connectivity index (χ4v) is 4.45. The molecule has 4 rings (SSSR count). The lowest BCUT2D eigenvalue weighted by Crippen LogP contribution is -2.41. The average Bonchev–Trinajstić information content (AvgIpc) is 3.44. The number of hydrogen-bond acceptors (Lipinski definition) is 6. The lowest BCUT2D eigenvalue weighted by atomic mass is 10.1. The van der Waals surface area contributed by atoms with Crippen LogP contribution < -0.4 is 15.0 Å². The maximum Gasteiger partial charge on any atom is 0.414 e. The topological polar surface area (TPSA) is 88.2 Å². The second-order valence-electron chi connectivity index (χ2n) is 7.75. The number of thiophene rings is 1. The molecule has 3 amide bonds. The predicted octanol–water partition coefficient (Wildman–Crippen LogP) is 3.03. The summed E-state index contributed by atoms with van der Waals surface area (Å²) in [6, 6.07) is 8.01. The van der Waals surface area contributed by atoms with Crippen molar-refractivity contribution in [1.82, 2.24) is 10.2 Å². The van der Waals surface area contributed by atoms with Gasteiger partial charge in [0.25, 0.3) is 5.91 Å². The van der Waals surface area contributed by atoms with E-state index < -0.39 is 18.0 Å². The van der Waals surface area contributed by atoms with E-state index in [0.29, 0.717) is 36.5 Å². The Labute approximate surface area is 188 Å². The van der Waals surface area contributed by atoms with E-state index in [2.05, 4.69) is 5.32 Å². The van der Waals surface area contributed by atoms with Crippen LogP contribution in [0.2, 0.25) is 0 Å². The molecule has 3 heterocycles. The van der Waals surface area contributed by atoms with Crippen molar-refractivity contribution >= 4 is 34.9 Å². The molecule has 1 aromatic carbocycles. The third-order valence-electron chi connectivity index (χ3n) is 5.43. The van der Waals surface area contributed by atoms with E-state index in [1.807, 2.05) is 17.5 Å². The largest absolute Gasteiger partial charge is 0.487 e. The van der Waals surface area contributed by atoms with Crippen LogP contribution in [0.15, 0.2) is 35.7 Å². The standard InChI is InChI=1S/C22H24FN3O5S/c1-14(27)24-12-17-13-26(22(29)31-17)15-4-5-19(18(23)11-15)30-16-6-8-25(9-7-16)21(28)20-3-2-10-32-20/h2-5,10-11,16-17H,6-9,12-13H2,1H3,(H,24,27)/t17-/m0/s1. The Morgan fingerprint density at radius 2 is 2.06 bits per heavy atom. The van der Waals surface area contributed by atoms with Gasteiger partial charge in [-0.1, -0.05) is 6.07 Å². The molecule has 2 aromatic rings. The number of halogens is 1. The van der Waals surface area contributed by atoms with Crippen molar-refractivity contribution in [3.63, 3.8) is 0 Å². The number of anilines is 1. The molecule has 170 valence electrons. The first-order chi connectivity index (χ1) is 15.4. The minimum Gasteiger partial charge on any atom is -0.487 e. The van der Waals surface area contributed by atoms with E-state index in [1.54, 1.807) is 11.0 Å². The number of nitrogens with one attached hydrogen (secondary N) is 1. The lowest BCUT2D eigenvalue weighted by Gasteiger charge is -2.32. The fraction of sp³-hybridized carbons (Fsp3) is 0.409. The molecule has 0 aliphatic carbocycles. The summed E-state index contributed by atoms with van der Waals surface area (Å²) in [6.45, 7) is 2.91. The smallest absolute Gasteiger partial charge is 0.414 e. The number of ether oxygens (including phenoxy) is 2. The summed E-state index contributed by atoms with van der Waals surface area (Å²) in [5.41, 5.74) is 0.363. The monoisotopic (exact) mass is 461 g/mol. The van der Waals surface area contributed by atoms with Crippen molar-refractivity contribution in [1.29, 1.82) is 0 Å². The normalized spacial score (nSPS) is 19.1. The molecule has 0 spiro atoms. The zero-order chi connectivity index (χ0) is 22.7. The molecular weight excluding hydrogens is 437 g/mol. The van der Waals surface area contributed by atoms with Crippen molar-refractivity contribution in [2.75, 3.05) is 31.1 Å². The molecule has 2 aliphatic rings. The molecular formula is C22H24FN3O5S. The minimum absolute atomic E-state index is 0.0169. The van der Waals surface area contributed by atoms with Crippen LogP contribution in [0.5, 0.6) is 5.75 Å². The number of cyclic esters (lactones) is 1. The summed E-state index contributed by atoms with van der Waals surface area (Å²) in [7, 11) is 0. The first kappa shape index (κ1) is 22.1. The molecule has 2 saturated heterocycles. The van der Waals surface area contributed by atoms with Crippen LogP contribution in [0.4, 0.5) is 14.9 Å². The molecule has 10 heteroatoms. The van der Waals surface area contributed by atoms with Gasteiger partial charge >= 0.3 is 6.09 Å². The Bertz CT molecular complexity index is 991. The van der Waals surface area contributed by atoms with Crippen LogP contribution in [-0.4, -0.2) is 61.2 Å². The summed E-state index contributed by atoms with van der Waals surface area (Å²) in [5.74, 6) is -0.658. The fourth-order valence-electron chi connectivity index (χ4n) is 3.76. The van der Waals surface area contributed by atoms with Crippen LogP contribution in [-0.2, 0) is 9.53 Å². The van der Waals surface area contributed by atoms with Crippen molar-refractivity contribution in [2.24, 2.45) is 0 Å². The van der Waals surface area contributed by atoms with Crippen LogP contribution in [0.3, 0.4) is 0 Å². The van der Waals surface area contributed by atoms with Crippen LogP contribution in [0.25, 0.3) is 0 Å². The van der Waals surface area contributed by atoms with Crippen molar-refractivity contribution in [3.05, 3.63) is 46.4 Å². The molecule has 0 saturated carbocycles. The number of carbonyl (C=O) groups is 3. The van der Waals surface area contributed by atoms with Gasteiger partial charge in [-0.3, -0.25) is 14.5 Å². The summed E-state index contributed by atoms with van der Waals surface area (Å²) in [5, 5.41) is 4.48. The maximum absolute atomic E-state index is 14.7. The van der Waals surface area contributed by atoms with Gasteiger partial charge in [0.2, 0.25) is 5.91 Å². The van der Waals surface area contributed by atoms with E-state index in [1.165, 1.54) is 35.3 Å². The van der Waals surface area contributed by atoms with Gasteiger partial charge in [-0.25, -0.2) is 9.18 Å². The number of nitrogens with zero attached hydrogens (tertiary/aromatic N) is 2. The van der Waals surface area contributed by atoms with Gasteiger partial charge in [0.1, 0.15) is 12.2 Å². The van der Waals surface area contributed by atoms with Gasteiger partial charge in [-0.2, -0.15) is 0 Å². The van der Waals surface area contributed by atoms with Gasteiger partial charge in [0.15, 0.2) is 11.6 Å². The highest BCUT2D eigenvalue weighted by molar-refractivity contribution is 7.12. The number of amides is 3. The van der Waals surface area contributed by atoms with E-state index in [0.717, 1.165) is 0 Å². The number of benzene rings is 1. The average molecular weight is 462 g/mol. The maximum atomic E-state index is 14.7. The van der Waals surface area contributed by atoms with E-state index >= 15 is 0 Å². The summed E-state index contributed by atoms with van der Waals surface area (Å²) < 4.78 is 25.8. The molecule has 0 bridgehead atoms. The molecule has 2 aliphatic heterocycles. The highest BCUT2D eigenvalue weighted by Crippen LogP contribution is 2.29. The van der Waals surface area contributed by atoms with Gasteiger partial charge in [-0.15, -0.1) is 11.3 Å². The molecule has 1 N–H and O–H groups in total. The van der Waals surface area contributed by atoms with Crippen molar-refractivity contribution < 1.29 is 28.2 Å². The van der Waals surface area contributed by atoms with Crippen LogP contribution in [0.1, 0.15) is 29.4 Å². The first-order valence-corrected chi connectivity index (χ1v) is 11.3. The molecule has 32 heavy (non-hydrogen) atoms. The van der Waals surface area contributed by atoms with Gasteiger partial charge in [-0.05, 0) is 23.6 Å². The minimum atomic E-state index is -0.587. The number of piperidine rings is 1. The second-order valence-corrected chi connectivity index (χ2v) is 8.70. The van der Waals surface area contributed by atoms with E-state index in [-0.39, 0.29) is 36.8 Å². The zero-order valence-corrected chi connectivity index (χ0v) is 18.4.